The van der Waals surface area contributed by atoms with Gasteiger partial charge >= 0.3 is 0 Å². The molecular weight excluding hydrogens is 186 g/mol. The van der Waals surface area contributed by atoms with E-state index in [0.29, 0.717) is 12.0 Å². The average Bonchev–Trinajstić information content (AvgIpc) is 2.81. The Labute approximate surface area is 92.1 Å². The Hall–Kier alpha value is -0.760. The lowest BCUT2D eigenvalue weighted by atomic mass is 9.74. The summed E-state index contributed by atoms with van der Waals surface area (Å²) in [4.78, 5) is 0. The first-order chi connectivity index (χ1) is 7.35. The van der Waals surface area contributed by atoms with Crippen LogP contribution in [0.2, 0.25) is 0 Å². The zero-order valence-electron chi connectivity index (χ0n) is 9.70. The number of rotatable bonds is 3. The van der Waals surface area contributed by atoms with E-state index in [4.69, 9.17) is 4.42 Å². The van der Waals surface area contributed by atoms with Gasteiger partial charge < -0.3 is 9.73 Å². The standard InChI is InChI=1S/C13H21NO/c1-3-10-6-7-11(14-2)9-12(10)13-5-4-8-15-13/h4-5,8,10-12,14H,3,6-7,9H2,1-2H3. The molecule has 2 rings (SSSR count). The summed E-state index contributed by atoms with van der Waals surface area (Å²) in [6.45, 7) is 2.29. The third-order valence-electron chi connectivity index (χ3n) is 3.83. The van der Waals surface area contributed by atoms with Gasteiger partial charge in [-0.05, 0) is 44.4 Å². The van der Waals surface area contributed by atoms with Gasteiger partial charge in [0.25, 0.3) is 0 Å². The van der Waals surface area contributed by atoms with Crippen LogP contribution in [0.3, 0.4) is 0 Å². The fourth-order valence-corrected chi connectivity index (χ4v) is 2.83. The maximum absolute atomic E-state index is 5.57. The second-order valence-electron chi connectivity index (χ2n) is 4.59. The zero-order valence-corrected chi connectivity index (χ0v) is 9.70. The SMILES string of the molecule is CCC1CCC(NC)CC1c1ccco1. The highest BCUT2D eigenvalue weighted by atomic mass is 16.3. The van der Waals surface area contributed by atoms with Gasteiger partial charge in [0, 0.05) is 12.0 Å². The van der Waals surface area contributed by atoms with Gasteiger partial charge in [0.15, 0.2) is 0 Å². The van der Waals surface area contributed by atoms with Gasteiger partial charge in [0.1, 0.15) is 5.76 Å². The summed E-state index contributed by atoms with van der Waals surface area (Å²) in [6.07, 6.45) is 6.93. The zero-order chi connectivity index (χ0) is 10.7. The van der Waals surface area contributed by atoms with Crippen LogP contribution in [-0.2, 0) is 0 Å². The molecule has 1 aromatic heterocycles. The monoisotopic (exact) mass is 207 g/mol. The first kappa shape index (κ1) is 10.7. The van der Waals surface area contributed by atoms with E-state index in [1.165, 1.54) is 31.4 Å². The second-order valence-corrected chi connectivity index (χ2v) is 4.59. The van der Waals surface area contributed by atoms with Crippen molar-refractivity contribution in [2.75, 3.05) is 7.05 Å². The Kier molecular flexibility index (Phi) is 3.47. The highest BCUT2D eigenvalue weighted by Crippen LogP contribution is 2.39. The van der Waals surface area contributed by atoms with Crippen LogP contribution in [0.25, 0.3) is 0 Å². The summed E-state index contributed by atoms with van der Waals surface area (Å²) in [5.74, 6) is 2.61. The molecule has 0 amide bonds. The van der Waals surface area contributed by atoms with Crippen molar-refractivity contribution in [2.45, 2.75) is 44.6 Å². The van der Waals surface area contributed by atoms with Crippen LogP contribution in [0.5, 0.6) is 0 Å². The number of nitrogens with one attached hydrogen (secondary N) is 1. The Bertz CT molecular complexity index is 281. The van der Waals surface area contributed by atoms with Gasteiger partial charge in [-0.1, -0.05) is 13.3 Å². The van der Waals surface area contributed by atoms with E-state index in [2.05, 4.69) is 25.4 Å². The van der Waals surface area contributed by atoms with Gasteiger partial charge in [-0.3, -0.25) is 0 Å². The fraction of sp³-hybridized carbons (Fsp3) is 0.692. The topological polar surface area (TPSA) is 25.2 Å². The fourth-order valence-electron chi connectivity index (χ4n) is 2.83. The molecule has 1 fully saturated rings. The molecule has 1 saturated carbocycles. The van der Waals surface area contributed by atoms with Crippen LogP contribution < -0.4 is 5.32 Å². The highest BCUT2D eigenvalue weighted by Gasteiger charge is 2.31. The van der Waals surface area contributed by atoms with Crippen LogP contribution in [0, 0.1) is 5.92 Å². The second kappa shape index (κ2) is 4.84. The van der Waals surface area contributed by atoms with Crippen LogP contribution in [-0.4, -0.2) is 13.1 Å². The van der Waals surface area contributed by atoms with Crippen molar-refractivity contribution in [3.05, 3.63) is 24.2 Å². The normalized spacial score (nSPS) is 31.7. The van der Waals surface area contributed by atoms with Crippen molar-refractivity contribution in [3.8, 4) is 0 Å². The molecule has 1 aliphatic rings. The lowest BCUT2D eigenvalue weighted by molar-refractivity contribution is 0.230. The van der Waals surface area contributed by atoms with Crippen molar-refractivity contribution in [3.63, 3.8) is 0 Å². The molecule has 3 unspecified atom stereocenters. The quantitative estimate of drug-likeness (QED) is 0.823. The molecule has 2 nitrogen and oxygen atoms in total. The van der Waals surface area contributed by atoms with Crippen molar-refractivity contribution >= 4 is 0 Å². The van der Waals surface area contributed by atoms with Crippen LogP contribution >= 0.6 is 0 Å². The number of hydrogen-bond acceptors (Lipinski definition) is 2. The van der Waals surface area contributed by atoms with Crippen LogP contribution in [0.1, 0.15) is 44.3 Å². The number of hydrogen-bond donors (Lipinski definition) is 1. The van der Waals surface area contributed by atoms with Gasteiger partial charge in [-0.15, -0.1) is 0 Å². The molecule has 0 aliphatic heterocycles. The molecule has 0 aromatic carbocycles. The van der Waals surface area contributed by atoms with Gasteiger partial charge in [-0.25, -0.2) is 0 Å². The van der Waals surface area contributed by atoms with Gasteiger partial charge in [-0.2, -0.15) is 0 Å². The third kappa shape index (κ3) is 2.25. The predicted molar refractivity (Wildman–Crippen MR) is 61.9 cm³/mol. The molecule has 1 heterocycles. The minimum absolute atomic E-state index is 0.621. The van der Waals surface area contributed by atoms with E-state index in [1.54, 1.807) is 6.26 Å². The third-order valence-corrected chi connectivity index (χ3v) is 3.83. The average molecular weight is 207 g/mol. The Morgan fingerprint density at radius 2 is 2.33 bits per heavy atom. The molecule has 1 N–H and O–H groups in total. The van der Waals surface area contributed by atoms with Crippen molar-refractivity contribution in [1.82, 2.24) is 5.32 Å². The summed E-state index contributed by atoms with van der Waals surface area (Å²) in [5, 5.41) is 3.40. The van der Waals surface area contributed by atoms with Gasteiger partial charge in [0.05, 0.1) is 6.26 Å². The van der Waals surface area contributed by atoms with E-state index in [9.17, 15) is 0 Å². The van der Waals surface area contributed by atoms with Crippen LogP contribution in [0.4, 0.5) is 0 Å². The lowest BCUT2D eigenvalue weighted by Gasteiger charge is -2.34. The molecule has 1 aliphatic carbocycles. The number of furan rings is 1. The molecular formula is C13H21NO. The molecule has 0 bridgehead atoms. The Balaban J connectivity index is 2.10. The summed E-state index contributed by atoms with van der Waals surface area (Å²) in [5.41, 5.74) is 0. The molecule has 0 radical (unpaired) electrons. The van der Waals surface area contributed by atoms with Gasteiger partial charge in [0.2, 0.25) is 0 Å². The first-order valence-corrected chi connectivity index (χ1v) is 6.05. The van der Waals surface area contributed by atoms with Crippen molar-refractivity contribution < 1.29 is 4.42 Å². The Morgan fingerprint density at radius 1 is 1.47 bits per heavy atom. The first-order valence-electron chi connectivity index (χ1n) is 6.05. The molecule has 0 spiro atoms. The lowest BCUT2D eigenvalue weighted by Crippen LogP contribution is -2.34. The van der Waals surface area contributed by atoms with E-state index in [1.807, 2.05) is 6.07 Å². The van der Waals surface area contributed by atoms with Crippen LogP contribution in [0.15, 0.2) is 22.8 Å². The molecule has 3 atom stereocenters. The molecule has 0 saturated heterocycles. The summed E-state index contributed by atoms with van der Waals surface area (Å²) < 4.78 is 5.57. The van der Waals surface area contributed by atoms with Crippen molar-refractivity contribution in [2.24, 2.45) is 5.92 Å². The summed E-state index contributed by atoms with van der Waals surface area (Å²) in [7, 11) is 2.07. The maximum Gasteiger partial charge on any atom is 0.107 e. The molecule has 2 heteroatoms. The van der Waals surface area contributed by atoms with E-state index in [-0.39, 0.29) is 0 Å². The minimum atomic E-state index is 0.621. The molecule has 1 aromatic rings. The molecule has 84 valence electrons. The smallest absolute Gasteiger partial charge is 0.107 e. The molecule has 15 heavy (non-hydrogen) atoms. The van der Waals surface area contributed by atoms with E-state index < -0.39 is 0 Å². The Morgan fingerprint density at radius 3 is 2.93 bits per heavy atom. The van der Waals surface area contributed by atoms with Crippen molar-refractivity contribution in [1.29, 1.82) is 0 Å². The summed E-state index contributed by atoms with van der Waals surface area (Å²) >= 11 is 0. The van der Waals surface area contributed by atoms with E-state index in [0.717, 1.165) is 5.92 Å². The highest BCUT2D eigenvalue weighted by molar-refractivity contribution is 5.09. The summed E-state index contributed by atoms with van der Waals surface area (Å²) in [6, 6.07) is 4.80. The predicted octanol–water partition coefficient (Wildman–Crippen LogP) is 3.16. The largest absolute Gasteiger partial charge is 0.469 e. The maximum atomic E-state index is 5.57. The minimum Gasteiger partial charge on any atom is -0.469 e. The van der Waals surface area contributed by atoms with E-state index >= 15 is 0 Å².